The van der Waals surface area contributed by atoms with E-state index in [9.17, 15) is 0 Å². The fraction of sp³-hybridized carbons (Fsp3) is 0.455. The maximum atomic E-state index is 5.57. The van der Waals surface area contributed by atoms with E-state index in [1.54, 1.807) is 0 Å². The van der Waals surface area contributed by atoms with E-state index >= 15 is 0 Å². The normalized spacial score (nSPS) is 12.9. The Bertz CT molecular complexity index is 225. The molecule has 0 fully saturated rings. The Kier molecular flexibility index (Phi) is 3.30. The smallest absolute Gasteiger partial charge is 0.00109 e. The van der Waals surface area contributed by atoms with Gasteiger partial charge in [-0.1, -0.05) is 38.1 Å². The Balaban J connectivity index is 2.77. The summed E-state index contributed by atoms with van der Waals surface area (Å²) in [6.07, 6.45) is 1.11. The fourth-order valence-electron chi connectivity index (χ4n) is 1.22. The molecule has 0 bridgehead atoms. The number of aryl methyl sites for hydroxylation is 1. The minimum atomic E-state index is 0.482. The third-order valence-electron chi connectivity index (χ3n) is 2.31. The van der Waals surface area contributed by atoms with E-state index in [-0.39, 0.29) is 0 Å². The van der Waals surface area contributed by atoms with Gasteiger partial charge >= 0.3 is 0 Å². The van der Waals surface area contributed by atoms with Gasteiger partial charge in [0.15, 0.2) is 0 Å². The van der Waals surface area contributed by atoms with Gasteiger partial charge in [0.05, 0.1) is 0 Å². The van der Waals surface area contributed by atoms with Crippen molar-refractivity contribution in [2.24, 2.45) is 5.73 Å². The van der Waals surface area contributed by atoms with E-state index in [1.165, 1.54) is 11.1 Å². The van der Waals surface area contributed by atoms with Gasteiger partial charge in [-0.25, -0.2) is 0 Å². The highest BCUT2D eigenvalue weighted by atomic mass is 14.5. The first-order chi connectivity index (χ1) is 5.77. The Labute approximate surface area is 74.6 Å². The molecular weight excluding hydrogens is 146 g/mol. The Hall–Kier alpha value is -0.820. The van der Waals surface area contributed by atoms with Crippen LogP contribution in [0.2, 0.25) is 0 Å². The molecule has 0 spiro atoms. The average molecular weight is 163 g/mol. The van der Waals surface area contributed by atoms with Crippen LogP contribution in [0.1, 0.15) is 30.9 Å². The van der Waals surface area contributed by atoms with Crippen LogP contribution in [0.15, 0.2) is 24.3 Å². The first-order valence-electron chi connectivity index (χ1n) is 4.56. The van der Waals surface area contributed by atoms with Gasteiger partial charge < -0.3 is 5.73 Å². The average Bonchev–Trinajstić information content (AvgIpc) is 2.17. The van der Waals surface area contributed by atoms with Gasteiger partial charge in [-0.2, -0.15) is 0 Å². The topological polar surface area (TPSA) is 26.0 Å². The van der Waals surface area contributed by atoms with Gasteiger partial charge in [-0.3, -0.25) is 0 Å². The summed E-state index contributed by atoms with van der Waals surface area (Å²) < 4.78 is 0. The minimum absolute atomic E-state index is 0.482. The van der Waals surface area contributed by atoms with Gasteiger partial charge in [0.25, 0.3) is 0 Å². The van der Waals surface area contributed by atoms with E-state index in [1.807, 2.05) is 0 Å². The van der Waals surface area contributed by atoms with Crippen LogP contribution in [-0.2, 0) is 6.42 Å². The number of hydrogen-bond acceptors (Lipinski definition) is 1. The van der Waals surface area contributed by atoms with Crippen molar-refractivity contribution in [1.29, 1.82) is 0 Å². The van der Waals surface area contributed by atoms with Crippen LogP contribution in [0.3, 0.4) is 0 Å². The molecule has 0 aliphatic carbocycles. The summed E-state index contributed by atoms with van der Waals surface area (Å²) in [6.45, 7) is 5.05. The third-order valence-corrected chi connectivity index (χ3v) is 2.31. The van der Waals surface area contributed by atoms with E-state index < -0.39 is 0 Å². The van der Waals surface area contributed by atoms with Crippen molar-refractivity contribution in [1.82, 2.24) is 0 Å². The number of rotatable bonds is 3. The van der Waals surface area contributed by atoms with Crippen LogP contribution in [0, 0.1) is 0 Å². The summed E-state index contributed by atoms with van der Waals surface area (Å²) in [4.78, 5) is 0. The van der Waals surface area contributed by atoms with Crippen molar-refractivity contribution in [2.75, 3.05) is 6.54 Å². The van der Waals surface area contributed by atoms with Crippen molar-refractivity contribution in [3.63, 3.8) is 0 Å². The van der Waals surface area contributed by atoms with E-state index in [2.05, 4.69) is 38.1 Å². The predicted octanol–water partition coefficient (Wildman–Crippen LogP) is 2.31. The van der Waals surface area contributed by atoms with Crippen LogP contribution in [0.25, 0.3) is 0 Å². The summed E-state index contributed by atoms with van der Waals surface area (Å²) >= 11 is 0. The second-order valence-corrected chi connectivity index (χ2v) is 3.23. The van der Waals surface area contributed by atoms with Crippen molar-refractivity contribution in [3.8, 4) is 0 Å². The first kappa shape index (κ1) is 9.27. The van der Waals surface area contributed by atoms with Gasteiger partial charge in [0.1, 0.15) is 0 Å². The molecule has 0 aliphatic heterocycles. The zero-order chi connectivity index (χ0) is 8.97. The summed E-state index contributed by atoms with van der Waals surface area (Å²) in [6, 6.07) is 8.72. The molecule has 0 aliphatic rings. The highest BCUT2D eigenvalue weighted by molar-refractivity contribution is 5.25. The summed E-state index contributed by atoms with van der Waals surface area (Å²) in [5.41, 5.74) is 8.31. The van der Waals surface area contributed by atoms with Crippen LogP contribution in [0.5, 0.6) is 0 Å². The molecule has 1 nitrogen and oxygen atoms in total. The van der Waals surface area contributed by atoms with Crippen LogP contribution in [-0.4, -0.2) is 6.54 Å². The van der Waals surface area contributed by atoms with Crippen molar-refractivity contribution in [3.05, 3.63) is 35.4 Å². The van der Waals surface area contributed by atoms with Gasteiger partial charge in [0, 0.05) is 0 Å². The molecule has 0 saturated carbocycles. The zero-order valence-electron chi connectivity index (χ0n) is 7.88. The Morgan fingerprint density at radius 2 is 1.83 bits per heavy atom. The lowest BCUT2D eigenvalue weighted by Crippen LogP contribution is -2.08. The molecule has 12 heavy (non-hydrogen) atoms. The highest BCUT2D eigenvalue weighted by Crippen LogP contribution is 2.14. The third kappa shape index (κ3) is 2.08. The lowest BCUT2D eigenvalue weighted by molar-refractivity contribution is 0.773. The van der Waals surface area contributed by atoms with Crippen molar-refractivity contribution in [2.45, 2.75) is 26.2 Å². The fourth-order valence-corrected chi connectivity index (χ4v) is 1.22. The summed E-state index contributed by atoms with van der Waals surface area (Å²) in [7, 11) is 0. The van der Waals surface area contributed by atoms with Crippen LogP contribution >= 0.6 is 0 Å². The van der Waals surface area contributed by atoms with Crippen LogP contribution in [0.4, 0.5) is 0 Å². The monoisotopic (exact) mass is 163 g/mol. The molecule has 1 rings (SSSR count). The molecule has 2 N–H and O–H groups in total. The second-order valence-electron chi connectivity index (χ2n) is 3.23. The zero-order valence-corrected chi connectivity index (χ0v) is 7.88. The molecule has 0 heterocycles. The molecule has 0 aromatic heterocycles. The van der Waals surface area contributed by atoms with E-state index in [0.29, 0.717) is 5.92 Å². The number of nitrogens with two attached hydrogens (primary N) is 1. The summed E-state index contributed by atoms with van der Waals surface area (Å²) in [5.74, 6) is 0.482. The SMILES string of the molecule is CCc1ccc(C(C)CN)cc1. The molecule has 1 aromatic carbocycles. The van der Waals surface area contributed by atoms with Gasteiger partial charge in [-0.05, 0) is 30.0 Å². The largest absolute Gasteiger partial charge is 0.330 e. The molecule has 1 heteroatoms. The lowest BCUT2D eigenvalue weighted by atomic mass is 10.00. The van der Waals surface area contributed by atoms with E-state index in [4.69, 9.17) is 5.73 Å². The Morgan fingerprint density at radius 1 is 1.25 bits per heavy atom. The standard InChI is InChI=1S/C11H17N/c1-3-10-4-6-11(7-5-10)9(2)8-12/h4-7,9H,3,8,12H2,1-2H3. The molecule has 66 valence electrons. The molecule has 1 unspecified atom stereocenters. The predicted molar refractivity (Wildman–Crippen MR) is 53.3 cm³/mol. The summed E-state index contributed by atoms with van der Waals surface area (Å²) in [5, 5.41) is 0. The van der Waals surface area contributed by atoms with E-state index in [0.717, 1.165) is 13.0 Å². The van der Waals surface area contributed by atoms with Crippen LogP contribution < -0.4 is 5.73 Å². The van der Waals surface area contributed by atoms with Gasteiger partial charge in [-0.15, -0.1) is 0 Å². The van der Waals surface area contributed by atoms with Crippen molar-refractivity contribution >= 4 is 0 Å². The maximum Gasteiger partial charge on any atom is -0.00109 e. The van der Waals surface area contributed by atoms with Crippen molar-refractivity contribution < 1.29 is 0 Å². The molecule has 1 atom stereocenters. The minimum Gasteiger partial charge on any atom is -0.330 e. The first-order valence-corrected chi connectivity index (χ1v) is 4.56. The maximum absolute atomic E-state index is 5.57. The number of hydrogen-bond donors (Lipinski definition) is 1. The molecule has 1 aromatic rings. The number of benzene rings is 1. The quantitative estimate of drug-likeness (QED) is 0.727. The molecule has 0 saturated heterocycles. The second kappa shape index (κ2) is 4.27. The molecule has 0 amide bonds. The lowest BCUT2D eigenvalue weighted by Gasteiger charge is -2.08. The highest BCUT2D eigenvalue weighted by Gasteiger charge is 2.01. The molecular formula is C11H17N. The molecule has 0 radical (unpaired) electrons. The Morgan fingerprint density at radius 3 is 2.25 bits per heavy atom. The van der Waals surface area contributed by atoms with Gasteiger partial charge in [0.2, 0.25) is 0 Å².